The van der Waals surface area contributed by atoms with E-state index in [1.54, 1.807) is 0 Å². The van der Waals surface area contributed by atoms with Crippen LogP contribution in [-0.4, -0.2) is 34.7 Å². The Morgan fingerprint density at radius 3 is 2.80 bits per heavy atom. The minimum Gasteiger partial charge on any atom is -0.508 e. The van der Waals surface area contributed by atoms with Gasteiger partial charge in [0, 0.05) is 0 Å². The number of nitrogens with one attached hydrogen (secondary N) is 2. The number of carboxylic acid groups (broad SMARTS) is 1. The Morgan fingerprint density at radius 2 is 2.15 bits per heavy atom. The van der Waals surface area contributed by atoms with Gasteiger partial charge in [-0.25, -0.2) is 4.79 Å². The quantitative estimate of drug-likeness (QED) is 0.627. The molecule has 1 amide bonds. The second-order valence-corrected chi connectivity index (χ2v) is 5.08. The molecule has 0 aromatic heterocycles. The Labute approximate surface area is 116 Å². The van der Waals surface area contributed by atoms with E-state index in [4.69, 9.17) is 5.11 Å². The van der Waals surface area contributed by atoms with Gasteiger partial charge < -0.3 is 20.8 Å². The Kier molecular flexibility index (Phi) is 4.24. The van der Waals surface area contributed by atoms with Crippen molar-refractivity contribution in [1.29, 1.82) is 0 Å². The zero-order valence-electron chi connectivity index (χ0n) is 11.2. The predicted molar refractivity (Wildman–Crippen MR) is 73.9 cm³/mol. The highest BCUT2D eigenvalue weighted by atomic mass is 16.4. The molecule has 0 aliphatic carbocycles. The molecule has 2 unspecified atom stereocenters. The lowest BCUT2D eigenvalue weighted by molar-refractivity contribution is -0.119. The van der Waals surface area contributed by atoms with Crippen LogP contribution in [0.5, 0.6) is 5.75 Å². The van der Waals surface area contributed by atoms with Crippen LogP contribution in [0.1, 0.15) is 30.1 Å². The van der Waals surface area contributed by atoms with Gasteiger partial charge in [0.05, 0.1) is 17.3 Å². The fraction of sp³-hybridized carbons (Fsp3) is 0.429. The van der Waals surface area contributed by atoms with E-state index in [2.05, 4.69) is 10.6 Å². The first kappa shape index (κ1) is 14.3. The molecule has 1 fully saturated rings. The summed E-state index contributed by atoms with van der Waals surface area (Å²) < 4.78 is 0. The summed E-state index contributed by atoms with van der Waals surface area (Å²) in [4.78, 5) is 23.3. The molecule has 4 N–H and O–H groups in total. The lowest BCUT2D eigenvalue weighted by atomic mass is 9.92. The van der Waals surface area contributed by atoms with Gasteiger partial charge in [-0.15, -0.1) is 0 Å². The SMILES string of the molecule is CC1CCCNC1C(=O)Nc1ccc(O)cc1C(=O)O. The molecule has 2 atom stereocenters. The molecule has 2 rings (SSSR count). The lowest BCUT2D eigenvalue weighted by Gasteiger charge is -2.29. The van der Waals surface area contributed by atoms with Crippen molar-refractivity contribution in [2.75, 3.05) is 11.9 Å². The van der Waals surface area contributed by atoms with E-state index < -0.39 is 5.97 Å². The van der Waals surface area contributed by atoms with Crippen molar-refractivity contribution in [2.45, 2.75) is 25.8 Å². The van der Waals surface area contributed by atoms with E-state index in [1.807, 2.05) is 6.92 Å². The number of rotatable bonds is 3. The number of aromatic hydroxyl groups is 1. The van der Waals surface area contributed by atoms with Gasteiger partial charge in [0.2, 0.25) is 5.91 Å². The average Bonchev–Trinajstić information content (AvgIpc) is 2.41. The summed E-state index contributed by atoms with van der Waals surface area (Å²) in [7, 11) is 0. The Balaban J connectivity index is 2.17. The van der Waals surface area contributed by atoms with E-state index in [0.717, 1.165) is 25.5 Å². The topological polar surface area (TPSA) is 98.7 Å². The first-order valence-electron chi connectivity index (χ1n) is 6.59. The van der Waals surface area contributed by atoms with Crippen LogP contribution in [0.25, 0.3) is 0 Å². The third-order valence-corrected chi connectivity index (χ3v) is 3.54. The molecular weight excluding hydrogens is 260 g/mol. The number of hydrogen-bond acceptors (Lipinski definition) is 4. The molecule has 0 radical (unpaired) electrons. The molecule has 6 nitrogen and oxygen atoms in total. The summed E-state index contributed by atoms with van der Waals surface area (Å²) in [5, 5.41) is 24.2. The number of aromatic carboxylic acids is 1. The van der Waals surface area contributed by atoms with Crippen LogP contribution < -0.4 is 10.6 Å². The summed E-state index contributed by atoms with van der Waals surface area (Å²) >= 11 is 0. The van der Waals surface area contributed by atoms with Crippen molar-refractivity contribution in [2.24, 2.45) is 5.92 Å². The van der Waals surface area contributed by atoms with E-state index in [9.17, 15) is 14.7 Å². The van der Waals surface area contributed by atoms with Crippen LogP contribution in [0, 0.1) is 5.92 Å². The zero-order chi connectivity index (χ0) is 14.7. The monoisotopic (exact) mass is 278 g/mol. The largest absolute Gasteiger partial charge is 0.508 e. The van der Waals surface area contributed by atoms with Gasteiger partial charge in [0.25, 0.3) is 0 Å². The molecule has 0 saturated carbocycles. The number of anilines is 1. The summed E-state index contributed by atoms with van der Waals surface area (Å²) in [5.41, 5.74) is 0.0710. The molecule has 1 aliphatic heterocycles. The number of carboxylic acids is 1. The number of hydrogen-bond donors (Lipinski definition) is 4. The highest BCUT2D eigenvalue weighted by molar-refractivity contribution is 6.02. The Hall–Kier alpha value is -2.08. The number of phenols is 1. The molecule has 20 heavy (non-hydrogen) atoms. The van der Waals surface area contributed by atoms with Crippen LogP contribution in [-0.2, 0) is 4.79 Å². The maximum Gasteiger partial charge on any atom is 0.337 e. The van der Waals surface area contributed by atoms with Crippen molar-refractivity contribution < 1.29 is 19.8 Å². The molecule has 108 valence electrons. The number of benzene rings is 1. The van der Waals surface area contributed by atoms with Crippen LogP contribution in [0.3, 0.4) is 0 Å². The minimum absolute atomic E-state index is 0.123. The molecule has 1 aliphatic rings. The van der Waals surface area contributed by atoms with Gasteiger partial charge in [-0.05, 0) is 43.5 Å². The van der Waals surface area contributed by atoms with Crippen molar-refractivity contribution in [3.05, 3.63) is 23.8 Å². The van der Waals surface area contributed by atoms with Crippen LogP contribution in [0.15, 0.2) is 18.2 Å². The zero-order valence-corrected chi connectivity index (χ0v) is 11.2. The summed E-state index contributed by atoms with van der Waals surface area (Å²) in [5.74, 6) is -1.38. The molecule has 6 heteroatoms. The van der Waals surface area contributed by atoms with Crippen molar-refractivity contribution >= 4 is 17.6 Å². The van der Waals surface area contributed by atoms with E-state index >= 15 is 0 Å². The third-order valence-electron chi connectivity index (χ3n) is 3.54. The first-order valence-corrected chi connectivity index (χ1v) is 6.59. The normalized spacial score (nSPS) is 22.2. The van der Waals surface area contributed by atoms with Gasteiger partial charge in [-0.3, -0.25) is 4.79 Å². The molecule has 0 bridgehead atoms. The third kappa shape index (κ3) is 3.08. The minimum atomic E-state index is -1.19. The summed E-state index contributed by atoms with van der Waals surface area (Å²) in [6.07, 6.45) is 2.00. The fourth-order valence-electron chi connectivity index (χ4n) is 2.43. The number of amides is 1. The second-order valence-electron chi connectivity index (χ2n) is 5.08. The van der Waals surface area contributed by atoms with Crippen LogP contribution in [0.2, 0.25) is 0 Å². The maximum atomic E-state index is 12.2. The van der Waals surface area contributed by atoms with Gasteiger partial charge in [-0.2, -0.15) is 0 Å². The van der Waals surface area contributed by atoms with Crippen LogP contribution >= 0.6 is 0 Å². The highest BCUT2D eigenvalue weighted by Crippen LogP contribution is 2.23. The lowest BCUT2D eigenvalue weighted by Crippen LogP contribution is -2.48. The molecule has 1 saturated heterocycles. The standard InChI is InChI=1S/C14H18N2O4/c1-8-3-2-6-15-12(8)13(18)16-11-5-4-9(17)7-10(11)14(19)20/h4-5,7-8,12,15,17H,2-3,6H2,1H3,(H,16,18)(H,19,20). The van der Waals surface area contributed by atoms with Crippen molar-refractivity contribution in [3.8, 4) is 5.75 Å². The van der Waals surface area contributed by atoms with Gasteiger partial charge in [0.15, 0.2) is 0 Å². The number of piperidine rings is 1. The van der Waals surface area contributed by atoms with Crippen molar-refractivity contribution in [3.63, 3.8) is 0 Å². The fourth-order valence-corrected chi connectivity index (χ4v) is 2.43. The van der Waals surface area contributed by atoms with E-state index in [-0.39, 0.29) is 34.9 Å². The molecule has 1 aromatic rings. The van der Waals surface area contributed by atoms with Gasteiger partial charge in [-0.1, -0.05) is 6.92 Å². The van der Waals surface area contributed by atoms with E-state index in [1.165, 1.54) is 12.1 Å². The second kappa shape index (κ2) is 5.92. The van der Waals surface area contributed by atoms with Crippen molar-refractivity contribution in [1.82, 2.24) is 5.32 Å². The number of carbonyl (C=O) groups is 2. The van der Waals surface area contributed by atoms with E-state index in [0.29, 0.717) is 0 Å². The van der Waals surface area contributed by atoms with Gasteiger partial charge in [0.1, 0.15) is 5.75 Å². The Bertz CT molecular complexity index is 530. The molecular formula is C14H18N2O4. The molecule has 0 spiro atoms. The first-order chi connectivity index (χ1) is 9.49. The predicted octanol–water partition coefficient (Wildman–Crippen LogP) is 1.42. The smallest absolute Gasteiger partial charge is 0.337 e. The Morgan fingerprint density at radius 1 is 1.40 bits per heavy atom. The summed E-state index contributed by atoms with van der Waals surface area (Å²) in [6.45, 7) is 2.77. The summed E-state index contributed by atoms with van der Waals surface area (Å²) in [6, 6.07) is 3.54. The van der Waals surface area contributed by atoms with Crippen LogP contribution in [0.4, 0.5) is 5.69 Å². The number of carbonyl (C=O) groups excluding carboxylic acids is 1. The highest BCUT2D eigenvalue weighted by Gasteiger charge is 2.28. The maximum absolute atomic E-state index is 12.2. The molecule has 1 aromatic carbocycles. The molecule has 1 heterocycles. The average molecular weight is 278 g/mol. The van der Waals surface area contributed by atoms with Gasteiger partial charge >= 0.3 is 5.97 Å². The number of phenolic OH excluding ortho intramolecular Hbond substituents is 1.